The first-order valence-electron chi connectivity index (χ1n) is 8.55. The Morgan fingerprint density at radius 2 is 1.81 bits per heavy atom. The van der Waals surface area contributed by atoms with Gasteiger partial charge in [0.1, 0.15) is 17.2 Å². The molecule has 0 unspecified atom stereocenters. The second-order valence-corrected chi connectivity index (χ2v) is 6.49. The summed E-state index contributed by atoms with van der Waals surface area (Å²) in [6, 6.07) is 12.4. The standard InChI is InChI=1S/C20H19ClN2O3S/c1-3-25-16-10-5-13(18(12-16)26-4-2)11-17-19(24)23(20(27)22-17)15-8-6-14(21)7-9-15/h5-12H,3-4H2,1-2H3,(H,22,27). The first-order valence-corrected chi connectivity index (χ1v) is 9.34. The molecule has 3 rings (SSSR count). The van der Waals surface area contributed by atoms with E-state index in [0.29, 0.717) is 46.2 Å². The molecular formula is C20H19ClN2O3S. The lowest BCUT2D eigenvalue weighted by Crippen LogP contribution is -2.30. The van der Waals surface area contributed by atoms with Crippen LogP contribution in [0.3, 0.4) is 0 Å². The number of thiocarbonyl (C=S) groups is 1. The smallest absolute Gasteiger partial charge is 0.281 e. The summed E-state index contributed by atoms with van der Waals surface area (Å²) in [5, 5.41) is 3.88. The predicted octanol–water partition coefficient (Wildman–Crippen LogP) is 4.40. The van der Waals surface area contributed by atoms with Crippen molar-refractivity contribution < 1.29 is 14.3 Å². The van der Waals surface area contributed by atoms with Crippen molar-refractivity contribution in [3.63, 3.8) is 0 Å². The van der Waals surface area contributed by atoms with Gasteiger partial charge in [-0.25, -0.2) is 0 Å². The van der Waals surface area contributed by atoms with Crippen LogP contribution in [0.2, 0.25) is 5.02 Å². The highest BCUT2D eigenvalue weighted by molar-refractivity contribution is 7.80. The number of hydrogen-bond donors (Lipinski definition) is 1. The number of nitrogens with one attached hydrogen (secondary N) is 1. The van der Waals surface area contributed by atoms with E-state index in [4.69, 9.17) is 33.3 Å². The molecule has 1 N–H and O–H groups in total. The van der Waals surface area contributed by atoms with Crippen LogP contribution in [0.5, 0.6) is 11.5 Å². The van der Waals surface area contributed by atoms with E-state index in [-0.39, 0.29) is 5.91 Å². The molecule has 0 aliphatic carbocycles. The number of hydrogen-bond acceptors (Lipinski definition) is 4. The molecule has 0 aromatic heterocycles. The Morgan fingerprint density at radius 1 is 1.11 bits per heavy atom. The third kappa shape index (κ3) is 4.23. The number of carbonyl (C=O) groups is 1. The molecule has 1 amide bonds. The van der Waals surface area contributed by atoms with Gasteiger partial charge in [0, 0.05) is 16.7 Å². The summed E-state index contributed by atoms with van der Waals surface area (Å²) in [5.41, 5.74) is 1.79. The van der Waals surface area contributed by atoms with E-state index in [1.807, 2.05) is 32.0 Å². The molecule has 2 aromatic carbocycles. The van der Waals surface area contributed by atoms with Crippen molar-refractivity contribution >= 4 is 46.6 Å². The highest BCUT2D eigenvalue weighted by atomic mass is 35.5. The monoisotopic (exact) mass is 402 g/mol. The molecule has 0 spiro atoms. The van der Waals surface area contributed by atoms with Crippen LogP contribution in [0.4, 0.5) is 5.69 Å². The van der Waals surface area contributed by atoms with Gasteiger partial charge in [0.15, 0.2) is 5.11 Å². The number of amides is 1. The van der Waals surface area contributed by atoms with Crippen LogP contribution in [0.15, 0.2) is 48.2 Å². The summed E-state index contributed by atoms with van der Waals surface area (Å²) in [6.45, 7) is 4.89. The summed E-state index contributed by atoms with van der Waals surface area (Å²) in [4.78, 5) is 14.3. The second kappa shape index (κ2) is 8.41. The predicted molar refractivity (Wildman–Crippen MR) is 111 cm³/mol. The van der Waals surface area contributed by atoms with Crippen LogP contribution >= 0.6 is 23.8 Å². The number of halogens is 1. The number of nitrogens with zero attached hydrogens (tertiary/aromatic N) is 1. The van der Waals surface area contributed by atoms with Gasteiger partial charge in [-0.1, -0.05) is 11.6 Å². The average molecular weight is 403 g/mol. The molecule has 27 heavy (non-hydrogen) atoms. The van der Waals surface area contributed by atoms with Gasteiger partial charge < -0.3 is 14.8 Å². The van der Waals surface area contributed by atoms with Crippen LogP contribution in [-0.2, 0) is 4.79 Å². The molecular weight excluding hydrogens is 384 g/mol. The topological polar surface area (TPSA) is 50.8 Å². The lowest BCUT2D eigenvalue weighted by atomic mass is 10.1. The zero-order valence-corrected chi connectivity index (χ0v) is 16.6. The molecule has 0 atom stereocenters. The Balaban J connectivity index is 1.92. The van der Waals surface area contributed by atoms with E-state index in [1.54, 1.807) is 30.3 Å². The van der Waals surface area contributed by atoms with Crippen molar-refractivity contribution in [2.24, 2.45) is 0 Å². The van der Waals surface area contributed by atoms with Gasteiger partial charge in [-0.3, -0.25) is 9.69 Å². The van der Waals surface area contributed by atoms with Gasteiger partial charge in [-0.2, -0.15) is 0 Å². The molecule has 140 valence electrons. The van der Waals surface area contributed by atoms with Crippen LogP contribution in [0.1, 0.15) is 19.4 Å². The molecule has 0 saturated carbocycles. The Hall–Kier alpha value is -2.57. The molecule has 1 heterocycles. The molecule has 7 heteroatoms. The van der Waals surface area contributed by atoms with Crippen LogP contribution in [-0.4, -0.2) is 24.2 Å². The maximum Gasteiger partial charge on any atom is 0.281 e. The summed E-state index contributed by atoms with van der Waals surface area (Å²) < 4.78 is 11.2. The second-order valence-electron chi connectivity index (χ2n) is 5.67. The van der Waals surface area contributed by atoms with Crippen molar-refractivity contribution in [3.8, 4) is 11.5 Å². The zero-order valence-electron chi connectivity index (χ0n) is 15.0. The van der Waals surface area contributed by atoms with Gasteiger partial charge in [0.25, 0.3) is 5.91 Å². The molecule has 0 bridgehead atoms. The van der Waals surface area contributed by atoms with E-state index < -0.39 is 0 Å². The minimum atomic E-state index is -0.237. The average Bonchev–Trinajstić information content (AvgIpc) is 2.92. The molecule has 1 aliphatic rings. The largest absolute Gasteiger partial charge is 0.494 e. The number of rotatable bonds is 6. The van der Waals surface area contributed by atoms with Crippen LogP contribution in [0.25, 0.3) is 6.08 Å². The molecule has 1 aliphatic heterocycles. The van der Waals surface area contributed by atoms with Gasteiger partial charge in [0.2, 0.25) is 0 Å². The van der Waals surface area contributed by atoms with Gasteiger partial charge in [-0.05, 0) is 68.5 Å². The quantitative estimate of drug-likeness (QED) is 0.573. The number of ether oxygens (including phenoxy) is 2. The maximum absolute atomic E-state index is 12.9. The van der Waals surface area contributed by atoms with Crippen molar-refractivity contribution in [3.05, 3.63) is 58.7 Å². The van der Waals surface area contributed by atoms with Crippen molar-refractivity contribution in [1.29, 1.82) is 0 Å². The van der Waals surface area contributed by atoms with Gasteiger partial charge in [-0.15, -0.1) is 0 Å². The summed E-state index contributed by atoms with van der Waals surface area (Å²) in [7, 11) is 0. The normalized spacial score (nSPS) is 15.2. The first-order chi connectivity index (χ1) is 13.0. The fourth-order valence-electron chi connectivity index (χ4n) is 2.69. The zero-order chi connectivity index (χ0) is 19.4. The van der Waals surface area contributed by atoms with E-state index >= 15 is 0 Å². The fourth-order valence-corrected chi connectivity index (χ4v) is 3.11. The van der Waals surface area contributed by atoms with E-state index in [9.17, 15) is 4.79 Å². The number of carbonyl (C=O) groups excluding carboxylic acids is 1. The minimum Gasteiger partial charge on any atom is -0.494 e. The Bertz CT molecular complexity index is 897. The lowest BCUT2D eigenvalue weighted by Gasteiger charge is -2.13. The van der Waals surface area contributed by atoms with Crippen molar-refractivity contribution in [2.75, 3.05) is 18.1 Å². The van der Waals surface area contributed by atoms with Crippen molar-refractivity contribution in [1.82, 2.24) is 5.32 Å². The summed E-state index contributed by atoms with van der Waals surface area (Å²) in [6.07, 6.45) is 1.73. The minimum absolute atomic E-state index is 0.237. The number of anilines is 1. The summed E-state index contributed by atoms with van der Waals surface area (Å²) in [5.74, 6) is 1.12. The Morgan fingerprint density at radius 3 is 2.48 bits per heavy atom. The number of benzene rings is 2. The van der Waals surface area contributed by atoms with E-state index in [1.165, 1.54) is 4.90 Å². The third-order valence-electron chi connectivity index (χ3n) is 3.86. The van der Waals surface area contributed by atoms with E-state index in [0.717, 1.165) is 5.56 Å². The van der Waals surface area contributed by atoms with Crippen LogP contribution in [0, 0.1) is 0 Å². The summed E-state index contributed by atoms with van der Waals surface area (Å²) >= 11 is 11.3. The Labute approximate surface area is 168 Å². The van der Waals surface area contributed by atoms with Crippen molar-refractivity contribution in [2.45, 2.75) is 13.8 Å². The Kier molecular flexibility index (Phi) is 5.98. The van der Waals surface area contributed by atoms with Crippen LogP contribution < -0.4 is 19.7 Å². The SMILES string of the molecule is CCOc1ccc(C=C2NC(=S)N(c3ccc(Cl)cc3)C2=O)c(OCC)c1. The molecule has 0 radical (unpaired) electrons. The molecule has 1 saturated heterocycles. The highest BCUT2D eigenvalue weighted by Crippen LogP contribution is 2.29. The maximum atomic E-state index is 12.9. The first kappa shape index (κ1) is 19.2. The molecule has 2 aromatic rings. The van der Waals surface area contributed by atoms with Gasteiger partial charge >= 0.3 is 0 Å². The molecule has 1 fully saturated rings. The molecule has 5 nitrogen and oxygen atoms in total. The third-order valence-corrected chi connectivity index (χ3v) is 4.40. The highest BCUT2D eigenvalue weighted by Gasteiger charge is 2.32. The lowest BCUT2D eigenvalue weighted by molar-refractivity contribution is -0.113. The van der Waals surface area contributed by atoms with E-state index in [2.05, 4.69) is 5.32 Å². The fraction of sp³-hybridized carbons (Fsp3) is 0.200. The van der Waals surface area contributed by atoms with Gasteiger partial charge in [0.05, 0.1) is 18.9 Å².